The van der Waals surface area contributed by atoms with Crippen LogP contribution in [0.4, 0.5) is 0 Å². The Bertz CT molecular complexity index is 860. The molecule has 6 heteroatoms. The average Bonchev–Trinajstić information content (AvgIpc) is 3.28. The van der Waals surface area contributed by atoms with Gasteiger partial charge in [0.05, 0.1) is 53.2 Å². The summed E-state index contributed by atoms with van der Waals surface area (Å²) in [6.07, 6.45) is 1.90. The number of hydrogen-bond donors (Lipinski definition) is 1. The molecule has 1 atom stereocenters. The van der Waals surface area contributed by atoms with E-state index in [2.05, 4.69) is 64.2 Å². The van der Waals surface area contributed by atoms with Crippen molar-refractivity contribution in [1.29, 1.82) is 0 Å². The van der Waals surface area contributed by atoms with Crippen LogP contribution in [0.1, 0.15) is 43.4 Å². The van der Waals surface area contributed by atoms with Crippen LogP contribution in [0, 0.1) is 6.92 Å². The molecule has 0 aliphatic carbocycles. The van der Waals surface area contributed by atoms with Gasteiger partial charge < -0.3 is 28.5 Å². The predicted molar refractivity (Wildman–Crippen MR) is 139 cm³/mol. The predicted octanol–water partition coefficient (Wildman–Crippen LogP) is 4.31. The summed E-state index contributed by atoms with van der Waals surface area (Å²) in [7, 11) is 2.25. The number of hydrogen-bond acceptors (Lipinski definition) is 5. The molecule has 1 saturated heterocycles. The number of ether oxygens (including phenoxy) is 4. The number of nitrogens with zero attached hydrogens (tertiary/aromatic N) is 1. The second-order valence-electron chi connectivity index (χ2n) is 10.5. The molecule has 194 valence electrons. The lowest BCUT2D eigenvalue weighted by Gasteiger charge is -2.28. The van der Waals surface area contributed by atoms with Crippen molar-refractivity contribution < 1.29 is 28.5 Å². The van der Waals surface area contributed by atoms with E-state index in [1.807, 2.05) is 12.1 Å². The summed E-state index contributed by atoms with van der Waals surface area (Å²) < 4.78 is 23.6. The highest BCUT2D eigenvalue weighted by molar-refractivity contribution is 5.40. The Kier molecular flexibility index (Phi) is 10.6. The molecule has 1 aliphatic heterocycles. The largest absolute Gasteiger partial charge is 0.491 e. The summed E-state index contributed by atoms with van der Waals surface area (Å²) >= 11 is 0. The van der Waals surface area contributed by atoms with Gasteiger partial charge in [0.1, 0.15) is 18.5 Å². The standard InChI is InChI=1S/C29H44NO5/c1-24-7-9-25(10-8-24)29(2,3)26-11-13-28(14-12-26)35-22-27(31)21-33-19-17-32-18-20-34-23-30(4)15-5-6-16-30/h7-14,27,31H,5-6,15-23H2,1-4H3/q+1. The Hall–Kier alpha value is -1.96. The molecule has 1 N–H and O–H groups in total. The van der Waals surface area contributed by atoms with E-state index in [9.17, 15) is 5.11 Å². The summed E-state index contributed by atoms with van der Waals surface area (Å²) in [5.41, 5.74) is 3.66. The first-order chi connectivity index (χ1) is 16.8. The quantitative estimate of drug-likeness (QED) is 0.300. The molecule has 1 unspecified atom stereocenters. The average molecular weight is 487 g/mol. The summed E-state index contributed by atoms with van der Waals surface area (Å²) in [4.78, 5) is 0. The highest BCUT2D eigenvalue weighted by Gasteiger charge is 2.26. The van der Waals surface area contributed by atoms with Crippen molar-refractivity contribution in [3.8, 4) is 5.75 Å². The van der Waals surface area contributed by atoms with E-state index < -0.39 is 6.10 Å². The van der Waals surface area contributed by atoms with E-state index >= 15 is 0 Å². The molecule has 1 aliphatic rings. The number of aliphatic hydroxyl groups is 1. The van der Waals surface area contributed by atoms with Crippen LogP contribution in [-0.4, -0.2) is 82.2 Å². The molecule has 1 fully saturated rings. The lowest BCUT2D eigenvalue weighted by atomic mass is 9.78. The molecule has 0 radical (unpaired) electrons. The van der Waals surface area contributed by atoms with Crippen LogP contribution in [0.25, 0.3) is 0 Å². The Morgan fingerprint density at radius 3 is 1.97 bits per heavy atom. The van der Waals surface area contributed by atoms with Gasteiger partial charge in [0.25, 0.3) is 0 Å². The second-order valence-corrected chi connectivity index (χ2v) is 10.5. The lowest BCUT2D eigenvalue weighted by Crippen LogP contribution is -2.42. The fraction of sp³-hybridized carbons (Fsp3) is 0.586. The highest BCUT2D eigenvalue weighted by Crippen LogP contribution is 2.32. The minimum absolute atomic E-state index is 0.0961. The lowest BCUT2D eigenvalue weighted by molar-refractivity contribution is -0.916. The first-order valence-corrected chi connectivity index (χ1v) is 12.8. The normalized spacial score (nSPS) is 16.4. The minimum atomic E-state index is -0.688. The van der Waals surface area contributed by atoms with Gasteiger partial charge in [-0.05, 0) is 30.2 Å². The number of rotatable bonds is 15. The molecule has 2 aromatic carbocycles. The van der Waals surface area contributed by atoms with Crippen molar-refractivity contribution in [3.63, 3.8) is 0 Å². The molecule has 2 aromatic rings. The van der Waals surface area contributed by atoms with Gasteiger partial charge in [0.2, 0.25) is 0 Å². The van der Waals surface area contributed by atoms with Crippen LogP contribution in [0.15, 0.2) is 48.5 Å². The van der Waals surface area contributed by atoms with E-state index in [4.69, 9.17) is 18.9 Å². The molecule has 35 heavy (non-hydrogen) atoms. The number of aliphatic hydroxyl groups excluding tert-OH is 1. The van der Waals surface area contributed by atoms with Crippen molar-refractivity contribution >= 4 is 0 Å². The number of aryl methyl sites for hydroxylation is 1. The summed E-state index contributed by atoms with van der Waals surface area (Å²) in [5, 5.41) is 10.2. The summed E-state index contributed by atoms with van der Waals surface area (Å²) in [6.45, 7) is 12.2. The second kappa shape index (κ2) is 13.4. The van der Waals surface area contributed by atoms with Crippen LogP contribution in [-0.2, 0) is 19.6 Å². The van der Waals surface area contributed by atoms with Crippen LogP contribution in [0.2, 0.25) is 0 Å². The minimum Gasteiger partial charge on any atom is -0.491 e. The monoisotopic (exact) mass is 486 g/mol. The Balaban J connectivity index is 1.25. The van der Waals surface area contributed by atoms with Gasteiger partial charge >= 0.3 is 0 Å². The first kappa shape index (κ1) is 27.6. The van der Waals surface area contributed by atoms with Gasteiger partial charge in [-0.3, -0.25) is 0 Å². The molecule has 0 aromatic heterocycles. The van der Waals surface area contributed by atoms with Gasteiger partial charge in [-0.25, -0.2) is 0 Å². The number of likely N-dealkylation sites (tertiary alicyclic amines) is 1. The van der Waals surface area contributed by atoms with Crippen LogP contribution in [0.3, 0.4) is 0 Å². The van der Waals surface area contributed by atoms with Gasteiger partial charge in [-0.2, -0.15) is 0 Å². The first-order valence-electron chi connectivity index (χ1n) is 12.8. The zero-order valence-electron chi connectivity index (χ0n) is 22.0. The smallest absolute Gasteiger partial charge is 0.183 e. The van der Waals surface area contributed by atoms with E-state index in [0.29, 0.717) is 26.4 Å². The van der Waals surface area contributed by atoms with Gasteiger partial charge in [-0.1, -0.05) is 55.8 Å². The molecule has 0 amide bonds. The van der Waals surface area contributed by atoms with Crippen molar-refractivity contribution in [1.82, 2.24) is 0 Å². The summed E-state index contributed by atoms with van der Waals surface area (Å²) in [6, 6.07) is 16.8. The SMILES string of the molecule is Cc1ccc(C(C)(C)c2ccc(OCC(O)COCCOCCOC[N+]3(C)CCCC3)cc2)cc1. The zero-order valence-corrected chi connectivity index (χ0v) is 22.0. The number of benzene rings is 2. The van der Waals surface area contributed by atoms with E-state index in [-0.39, 0.29) is 18.6 Å². The molecular formula is C29H44NO5+. The third kappa shape index (κ3) is 8.89. The third-order valence-corrected chi connectivity index (χ3v) is 6.89. The molecule has 0 spiro atoms. The maximum atomic E-state index is 10.2. The van der Waals surface area contributed by atoms with E-state index in [0.717, 1.165) is 17.0 Å². The zero-order chi connectivity index (χ0) is 25.2. The van der Waals surface area contributed by atoms with Gasteiger partial charge in [0.15, 0.2) is 6.73 Å². The van der Waals surface area contributed by atoms with Gasteiger partial charge in [0, 0.05) is 18.3 Å². The van der Waals surface area contributed by atoms with E-state index in [1.165, 1.54) is 42.6 Å². The molecule has 0 bridgehead atoms. The highest BCUT2D eigenvalue weighted by atomic mass is 16.6. The molecule has 0 saturated carbocycles. The maximum absolute atomic E-state index is 10.2. The third-order valence-electron chi connectivity index (χ3n) is 6.89. The van der Waals surface area contributed by atoms with Crippen molar-refractivity contribution in [2.24, 2.45) is 0 Å². The number of quaternary nitrogens is 1. The van der Waals surface area contributed by atoms with Crippen LogP contribution < -0.4 is 4.74 Å². The molecular weight excluding hydrogens is 442 g/mol. The Labute approximate surface area is 211 Å². The Morgan fingerprint density at radius 2 is 1.34 bits per heavy atom. The van der Waals surface area contributed by atoms with Crippen molar-refractivity contribution in [3.05, 3.63) is 65.2 Å². The maximum Gasteiger partial charge on any atom is 0.183 e. The Morgan fingerprint density at radius 1 is 0.800 bits per heavy atom. The molecule has 1 heterocycles. The fourth-order valence-corrected chi connectivity index (χ4v) is 4.42. The molecule has 3 rings (SSSR count). The van der Waals surface area contributed by atoms with Crippen LogP contribution in [0.5, 0.6) is 5.75 Å². The van der Waals surface area contributed by atoms with Crippen molar-refractivity contribution in [2.75, 3.05) is 66.5 Å². The topological polar surface area (TPSA) is 57.2 Å². The fourth-order valence-electron chi connectivity index (χ4n) is 4.42. The van der Waals surface area contributed by atoms with Gasteiger partial charge in [-0.15, -0.1) is 0 Å². The van der Waals surface area contributed by atoms with E-state index in [1.54, 1.807) is 0 Å². The summed E-state index contributed by atoms with van der Waals surface area (Å²) in [5.74, 6) is 0.737. The van der Waals surface area contributed by atoms with Crippen LogP contribution >= 0.6 is 0 Å². The molecule has 6 nitrogen and oxygen atoms in total. The van der Waals surface area contributed by atoms with Crippen molar-refractivity contribution in [2.45, 2.75) is 45.1 Å².